The van der Waals surface area contributed by atoms with E-state index in [0.29, 0.717) is 41.0 Å². The average molecular weight is 681 g/mol. The van der Waals surface area contributed by atoms with Crippen LogP contribution >= 0.6 is 11.3 Å². The Morgan fingerprint density at radius 2 is 1.88 bits per heavy atom. The lowest BCUT2D eigenvalue weighted by atomic mass is 9.53. The number of hydrogen-bond donors (Lipinski definition) is 2. The summed E-state index contributed by atoms with van der Waals surface area (Å²) in [6.07, 6.45) is 7.12. The molecule has 3 aliphatic carbocycles. The van der Waals surface area contributed by atoms with E-state index < -0.39 is 17.7 Å². The first-order valence-corrected chi connectivity index (χ1v) is 18.0. The molecule has 0 spiro atoms. The molecule has 2 aromatic rings. The Labute approximate surface area is 288 Å². The summed E-state index contributed by atoms with van der Waals surface area (Å²) in [4.78, 5) is 48.7. The molecule has 5 rings (SSSR count). The Morgan fingerprint density at radius 1 is 1.12 bits per heavy atom. The lowest BCUT2D eigenvalue weighted by molar-refractivity contribution is -0.133. The molecule has 10 nitrogen and oxygen atoms in total. The lowest BCUT2D eigenvalue weighted by Gasteiger charge is -2.50. The zero-order valence-electron chi connectivity index (χ0n) is 30.0. The van der Waals surface area contributed by atoms with Crippen molar-refractivity contribution in [2.45, 2.75) is 117 Å². The highest BCUT2D eigenvalue weighted by Gasteiger charge is 2.57. The zero-order chi connectivity index (χ0) is 35.0. The smallest absolute Gasteiger partial charge is 0.408 e. The van der Waals surface area contributed by atoms with Crippen LogP contribution in [0.3, 0.4) is 0 Å². The van der Waals surface area contributed by atoms with Crippen LogP contribution in [0.1, 0.15) is 114 Å². The molecule has 1 aromatic heterocycles. The van der Waals surface area contributed by atoms with Crippen molar-refractivity contribution in [3.8, 4) is 5.75 Å². The standard InChI is InChI=1S/C37H52N4O6S/c1-21-19-38-33(48-21)40-30(42)13-11-23-17-29(41-45-9)37(8)15-14-24-25(32(23)37)12-10-22-16-28(27(18-26(22)24)35(2,3)4)46-31(43)20-39-34(44)47-36(5,6)7/h16,18-19,23-25,32H,10-15,17,20H2,1-9H3,(H,39,44)(H,38,40,42)/b41-29+/t23-,24?,25?,32?,37-/m1/s1. The number of nitrogens with zero attached hydrogens (tertiary/aromatic N) is 2. The number of hydrogen-bond acceptors (Lipinski definition) is 9. The summed E-state index contributed by atoms with van der Waals surface area (Å²) in [6.45, 7) is 15.8. The number of anilines is 1. The van der Waals surface area contributed by atoms with Gasteiger partial charge in [0.1, 0.15) is 25.0 Å². The molecule has 2 saturated carbocycles. The molecule has 11 heteroatoms. The number of esters is 1. The SMILES string of the molecule is CO/N=C1\C[C@@H](CCC(=O)Nc2ncc(C)s2)C2C3CCc4cc(OC(=O)CNC(=O)OC(C)(C)C)c(C(C)(C)C)cc4C3CC[C@]12C. The van der Waals surface area contributed by atoms with E-state index in [1.807, 2.05) is 6.92 Å². The predicted octanol–water partition coefficient (Wildman–Crippen LogP) is 7.68. The third kappa shape index (κ3) is 7.87. The van der Waals surface area contributed by atoms with Crippen LogP contribution in [0.15, 0.2) is 23.5 Å². The number of nitrogens with one attached hydrogen (secondary N) is 2. The molecule has 5 atom stereocenters. The maximum absolute atomic E-state index is 13.0. The molecule has 2 fully saturated rings. The van der Waals surface area contributed by atoms with E-state index in [9.17, 15) is 14.4 Å². The van der Waals surface area contributed by atoms with Crippen molar-refractivity contribution in [3.63, 3.8) is 0 Å². The molecule has 0 radical (unpaired) electrons. The topological polar surface area (TPSA) is 128 Å². The van der Waals surface area contributed by atoms with E-state index >= 15 is 0 Å². The van der Waals surface area contributed by atoms with Gasteiger partial charge in [-0.15, -0.1) is 11.3 Å². The minimum atomic E-state index is -0.660. The number of oxime groups is 1. The zero-order valence-corrected chi connectivity index (χ0v) is 30.8. The van der Waals surface area contributed by atoms with Crippen molar-refractivity contribution >= 4 is 40.1 Å². The van der Waals surface area contributed by atoms with Gasteiger partial charge in [0.15, 0.2) is 5.13 Å². The number of benzene rings is 1. The van der Waals surface area contributed by atoms with Crippen molar-refractivity contribution in [3.05, 3.63) is 39.9 Å². The normalized spacial score (nSPS) is 25.8. The van der Waals surface area contributed by atoms with Gasteiger partial charge < -0.3 is 24.9 Å². The molecule has 3 aliphatic rings. The van der Waals surface area contributed by atoms with Crippen LogP contribution in [-0.4, -0.2) is 47.9 Å². The number of amides is 2. The molecule has 2 amide bonds. The van der Waals surface area contributed by atoms with Gasteiger partial charge in [0.05, 0.1) is 5.71 Å². The molecular weight excluding hydrogens is 628 g/mol. The minimum Gasteiger partial charge on any atom is -0.444 e. The molecule has 2 N–H and O–H groups in total. The van der Waals surface area contributed by atoms with Gasteiger partial charge in [-0.1, -0.05) is 38.9 Å². The van der Waals surface area contributed by atoms with Gasteiger partial charge >= 0.3 is 12.1 Å². The highest BCUT2D eigenvalue weighted by Crippen LogP contribution is 2.63. The van der Waals surface area contributed by atoms with Crippen LogP contribution in [0.5, 0.6) is 5.75 Å². The quantitative estimate of drug-likeness (QED) is 0.166. The number of aryl methyl sites for hydroxylation is 2. The number of carbonyl (C=O) groups is 3. The summed E-state index contributed by atoms with van der Waals surface area (Å²) in [6, 6.07) is 4.33. The van der Waals surface area contributed by atoms with Gasteiger partial charge in [-0.25, -0.2) is 14.6 Å². The van der Waals surface area contributed by atoms with E-state index in [0.717, 1.165) is 54.7 Å². The van der Waals surface area contributed by atoms with Gasteiger partial charge in [0, 0.05) is 28.5 Å². The second-order valence-electron chi connectivity index (χ2n) is 16.0. The maximum Gasteiger partial charge on any atom is 0.408 e. The number of alkyl carbamates (subject to hydrolysis) is 1. The van der Waals surface area contributed by atoms with Crippen LogP contribution in [0, 0.1) is 30.1 Å². The van der Waals surface area contributed by atoms with E-state index in [1.54, 1.807) is 34.1 Å². The largest absolute Gasteiger partial charge is 0.444 e. The predicted molar refractivity (Wildman–Crippen MR) is 188 cm³/mol. The Balaban J connectivity index is 1.37. The number of thiazole rings is 1. The van der Waals surface area contributed by atoms with Gasteiger partial charge in [-0.2, -0.15) is 0 Å². The van der Waals surface area contributed by atoms with Crippen LogP contribution in [-0.2, 0) is 31.0 Å². The van der Waals surface area contributed by atoms with E-state index in [2.05, 4.69) is 60.6 Å². The summed E-state index contributed by atoms with van der Waals surface area (Å²) in [5.41, 5.74) is 3.64. The molecule has 48 heavy (non-hydrogen) atoms. The van der Waals surface area contributed by atoms with Crippen LogP contribution in [0.2, 0.25) is 0 Å². The Bertz CT molecular complexity index is 1570. The van der Waals surface area contributed by atoms with Crippen molar-refractivity contribution in [2.24, 2.45) is 28.3 Å². The summed E-state index contributed by atoms with van der Waals surface area (Å²) in [5.74, 6) is 1.51. The van der Waals surface area contributed by atoms with Crippen molar-refractivity contribution in [1.29, 1.82) is 0 Å². The fraction of sp³-hybridized carbons (Fsp3) is 0.649. The summed E-state index contributed by atoms with van der Waals surface area (Å²) in [7, 11) is 1.62. The lowest BCUT2D eigenvalue weighted by Crippen LogP contribution is -2.44. The van der Waals surface area contributed by atoms with E-state index in [4.69, 9.17) is 14.3 Å². The van der Waals surface area contributed by atoms with Crippen LogP contribution in [0.25, 0.3) is 0 Å². The van der Waals surface area contributed by atoms with E-state index in [1.165, 1.54) is 22.5 Å². The Kier molecular flexibility index (Phi) is 10.3. The Hall–Kier alpha value is -3.47. The Morgan fingerprint density at radius 3 is 2.52 bits per heavy atom. The van der Waals surface area contributed by atoms with Gasteiger partial charge in [-0.05, 0) is 112 Å². The van der Waals surface area contributed by atoms with Crippen molar-refractivity contribution < 1.29 is 28.7 Å². The summed E-state index contributed by atoms with van der Waals surface area (Å²) < 4.78 is 11.2. The molecule has 0 bridgehead atoms. The number of rotatable bonds is 8. The van der Waals surface area contributed by atoms with Crippen LogP contribution < -0.4 is 15.4 Å². The third-order valence-corrected chi connectivity index (χ3v) is 11.1. The molecule has 3 unspecified atom stereocenters. The monoisotopic (exact) mass is 680 g/mol. The molecule has 262 valence electrons. The highest BCUT2D eigenvalue weighted by molar-refractivity contribution is 7.15. The fourth-order valence-corrected chi connectivity index (χ4v) is 9.08. The second kappa shape index (κ2) is 13.8. The van der Waals surface area contributed by atoms with Crippen LogP contribution in [0.4, 0.5) is 9.93 Å². The highest BCUT2D eigenvalue weighted by atomic mass is 32.1. The molecular formula is C37H52N4O6S. The molecule has 1 aromatic carbocycles. The first kappa shape index (κ1) is 35.8. The summed E-state index contributed by atoms with van der Waals surface area (Å²) >= 11 is 1.49. The second-order valence-corrected chi connectivity index (χ2v) is 17.2. The summed E-state index contributed by atoms with van der Waals surface area (Å²) in [5, 5.41) is 10.7. The van der Waals surface area contributed by atoms with Gasteiger partial charge in [-0.3, -0.25) is 4.79 Å². The first-order chi connectivity index (χ1) is 22.5. The van der Waals surface area contributed by atoms with E-state index in [-0.39, 0.29) is 23.3 Å². The van der Waals surface area contributed by atoms with Crippen molar-refractivity contribution in [1.82, 2.24) is 10.3 Å². The number of aromatic nitrogens is 1. The maximum atomic E-state index is 13.0. The minimum absolute atomic E-state index is 0.00252. The fourth-order valence-electron chi connectivity index (χ4n) is 8.40. The van der Waals surface area contributed by atoms with Crippen molar-refractivity contribution in [2.75, 3.05) is 19.0 Å². The number of fused-ring (bicyclic) bond motifs is 5. The first-order valence-electron chi connectivity index (χ1n) is 17.2. The number of ether oxygens (including phenoxy) is 2. The number of carbonyl (C=O) groups excluding carboxylic acids is 3. The molecule has 0 saturated heterocycles. The van der Waals surface area contributed by atoms with Gasteiger partial charge in [0.2, 0.25) is 5.91 Å². The van der Waals surface area contributed by atoms with Gasteiger partial charge in [0.25, 0.3) is 0 Å². The average Bonchev–Trinajstić information content (AvgIpc) is 3.52. The molecule has 0 aliphatic heterocycles. The third-order valence-electron chi connectivity index (χ3n) is 10.3. The molecule has 1 heterocycles.